The second-order valence-electron chi connectivity index (χ2n) is 4.21. The monoisotopic (exact) mass is 313 g/mol. The van der Waals surface area contributed by atoms with Crippen molar-refractivity contribution >= 4 is 26.0 Å². The number of rotatable bonds is 6. The zero-order valence-electron chi connectivity index (χ0n) is 9.62. The summed E-state index contributed by atoms with van der Waals surface area (Å²) in [4.78, 5) is 0.0378. The Hall–Kier alpha value is 0.350. The molecule has 0 heterocycles. The standard InChI is InChI=1S/C10H20BrNO3S/c1-15-8-9(11)7-12-16(13,14)10-5-3-2-4-6-10/h9-10,12H,2-8H2,1H3. The molecule has 1 aliphatic carbocycles. The molecular formula is C10H20BrNO3S. The first-order valence-electron chi connectivity index (χ1n) is 5.67. The van der Waals surface area contributed by atoms with Gasteiger partial charge in [-0.1, -0.05) is 35.2 Å². The van der Waals surface area contributed by atoms with E-state index in [1.54, 1.807) is 7.11 Å². The summed E-state index contributed by atoms with van der Waals surface area (Å²) in [5, 5.41) is -0.191. The number of alkyl halides is 1. The lowest BCUT2D eigenvalue weighted by molar-refractivity contribution is 0.201. The van der Waals surface area contributed by atoms with E-state index in [4.69, 9.17) is 4.74 Å². The molecule has 1 unspecified atom stereocenters. The molecule has 16 heavy (non-hydrogen) atoms. The molecule has 1 rings (SSSR count). The Balaban J connectivity index is 2.38. The van der Waals surface area contributed by atoms with Crippen LogP contribution in [0.1, 0.15) is 32.1 Å². The van der Waals surface area contributed by atoms with Gasteiger partial charge in [-0.3, -0.25) is 0 Å². The van der Waals surface area contributed by atoms with Crippen molar-refractivity contribution in [2.75, 3.05) is 20.3 Å². The second kappa shape index (κ2) is 6.93. The average Bonchev–Trinajstić information content (AvgIpc) is 2.28. The van der Waals surface area contributed by atoms with Crippen LogP contribution in [0.15, 0.2) is 0 Å². The molecule has 0 aromatic heterocycles. The summed E-state index contributed by atoms with van der Waals surface area (Å²) in [6.45, 7) is 0.903. The van der Waals surface area contributed by atoms with Crippen molar-refractivity contribution in [3.05, 3.63) is 0 Å². The number of ether oxygens (including phenoxy) is 1. The Morgan fingerprint density at radius 3 is 2.56 bits per heavy atom. The van der Waals surface area contributed by atoms with Crippen LogP contribution in [0.2, 0.25) is 0 Å². The molecule has 0 spiro atoms. The van der Waals surface area contributed by atoms with E-state index in [2.05, 4.69) is 20.7 Å². The van der Waals surface area contributed by atoms with E-state index in [9.17, 15) is 8.42 Å². The Kier molecular flexibility index (Phi) is 6.25. The van der Waals surface area contributed by atoms with Crippen molar-refractivity contribution in [2.24, 2.45) is 0 Å². The number of nitrogens with one attached hydrogen (secondary N) is 1. The first-order valence-corrected chi connectivity index (χ1v) is 8.14. The minimum Gasteiger partial charge on any atom is -0.383 e. The summed E-state index contributed by atoms with van der Waals surface area (Å²) >= 11 is 3.36. The molecule has 0 aromatic rings. The van der Waals surface area contributed by atoms with E-state index in [1.807, 2.05) is 0 Å². The third kappa shape index (κ3) is 4.69. The second-order valence-corrected chi connectivity index (χ2v) is 7.55. The number of hydrogen-bond acceptors (Lipinski definition) is 3. The Morgan fingerprint density at radius 1 is 1.38 bits per heavy atom. The maximum absolute atomic E-state index is 11.9. The number of halogens is 1. The van der Waals surface area contributed by atoms with Crippen LogP contribution in [0.5, 0.6) is 0 Å². The van der Waals surface area contributed by atoms with E-state index in [1.165, 1.54) is 0 Å². The highest BCUT2D eigenvalue weighted by molar-refractivity contribution is 9.09. The molecule has 1 saturated carbocycles. The van der Waals surface area contributed by atoms with Crippen molar-refractivity contribution < 1.29 is 13.2 Å². The maximum atomic E-state index is 11.9. The van der Waals surface area contributed by atoms with E-state index in [0.29, 0.717) is 13.2 Å². The highest BCUT2D eigenvalue weighted by Gasteiger charge is 2.27. The van der Waals surface area contributed by atoms with Gasteiger partial charge in [0, 0.05) is 13.7 Å². The Morgan fingerprint density at radius 2 is 2.00 bits per heavy atom. The van der Waals surface area contributed by atoms with Gasteiger partial charge < -0.3 is 4.74 Å². The lowest BCUT2D eigenvalue weighted by Crippen LogP contribution is -2.39. The van der Waals surface area contributed by atoms with Crippen LogP contribution in [-0.4, -0.2) is 38.8 Å². The lowest BCUT2D eigenvalue weighted by atomic mass is 10.0. The fourth-order valence-electron chi connectivity index (χ4n) is 1.94. The van der Waals surface area contributed by atoms with Crippen molar-refractivity contribution in [2.45, 2.75) is 42.2 Å². The van der Waals surface area contributed by atoms with E-state index in [-0.39, 0.29) is 10.1 Å². The van der Waals surface area contributed by atoms with E-state index in [0.717, 1.165) is 32.1 Å². The zero-order chi connectivity index (χ0) is 12.0. The largest absolute Gasteiger partial charge is 0.383 e. The van der Waals surface area contributed by atoms with Gasteiger partial charge in [-0.15, -0.1) is 0 Å². The molecule has 1 N–H and O–H groups in total. The quantitative estimate of drug-likeness (QED) is 0.759. The number of hydrogen-bond donors (Lipinski definition) is 1. The number of sulfonamides is 1. The molecule has 1 atom stereocenters. The SMILES string of the molecule is COCC(Br)CNS(=O)(=O)C1CCCCC1. The van der Waals surface area contributed by atoms with Gasteiger partial charge in [-0.2, -0.15) is 0 Å². The predicted molar refractivity (Wildman–Crippen MR) is 68.4 cm³/mol. The summed E-state index contributed by atoms with van der Waals surface area (Å²) < 4.78 is 31.4. The maximum Gasteiger partial charge on any atom is 0.214 e. The molecule has 6 heteroatoms. The fraction of sp³-hybridized carbons (Fsp3) is 1.00. The fourth-order valence-corrected chi connectivity index (χ4v) is 4.20. The molecule has 0 aromatic carbocycles. The number of methoxy groups -OCH3 is 1. The minimum atomic E-state index is -3.13. The normalized spacial score (nSPS) is 20.9. The molecule has 0 amide bonds. The molecule has 0 radical (unpaired) electrons. The average molecular weight is 314 g/mol. The van der Waals surface area contributed by atoms with Gasteiger partial charge in [0.1, 0.15) is 0 Å². The molecule has 0 saturated heterocycles. The molecule has 96 valence electrons. The van der Waals surface area contributed by atoms with Crippen LogP contribution in [-0.2, 0) is 14.8 Å². The first-order chi connectivity index (χ1) is 7.56. The van der Waals surface area contributed by atoms with Gasteiger partial charge in [0.2, 0.25) is 10.0 Å². The summed E-state index contributed by atoms with van der Waals surface area (Å²) in [6.07, 6.45) is 4.82. The molecular weight excluding hydrogens is 294 g/mol. The highest BCUT2D eigenvalue weighted by Crippen LogP contribution is 2.23. The lowest BCUT2D eigenvalue weighted by Gasteiger charge is -2.22. The molecule has 0 aliphatic heterocycles. The Labute approximate surface area is 106 Å². The minimum absolute atomic E-state index is 0.0378. The molecule has 4 nitrogen and oxygen atoms in total. The summed E-state index contributed by atoms with van der Waals surface area (Å²) in [5.74, 6) is 0. The van der Waals surface area contributed by atoms with Gasteiger partial charge >= 0.3 is 0 Å². The third-order valence-electron chi connectivity index (χ3n) is 2.84. The molecule has 1 aliphatic rings. The Bertz CT molecular complexity index is 288. The van der Waals surface area contributed by atoms with Gasteiger partial charge in [-0.05, 0) is 12.8 Å². The first kappa shape index (κ1) is 14.4. The van der Waals surface area contributed by atoms with Crippen LogP contribution in [0.4, 0.5) is 0 Å². The van der Waals surface area contributed by atoms with Crippen molar-refractivity contribution in [3.63, 3.8) is 0 Å². The van der Waals surface area contributed by atoms with Gasteiger partial charge in [-0.25, -0.2) is 13.1 Å². The van der Waals surface area contributed by atoms with Crippen LogP contribution >= 0.6 is 15.9 Å². The van der Waals surface area contributed by atoms with Gasteiger partial charge in [0.25, 0.3) is 0 Å². The van der Waals surface area contributed by atoms with Crippen LogP contribution < -0.4 is 4.72 Å². The third-order valence-corrected chi connectivity index (χ3v) is 5.35. The van der Waals surface area contributed by atoms with Gasteiger partial charge in [0.05, 0.1) is 16.7 Å². The zero-order valence-corrected chi connectivity index (χ0v) is 12.0. The van der Waals surface area contributed by atoms with E-state index >= 15 is 0 Å². The molecule has 0 bridgehead atoms. The van der Waals surface area contributed by atoms with Crippen LogP contribution in [0.25, 0.3) is 0 Å². The summed E-state index contributed by atoms with van der Waals surface area (Å²) in [7, 11) is -1.53. The van der Waals surface area contributed by atoms with Crippen molar-refractivity contribution in [1.29, 1.82) is 0 Å². The highest BCUT2D eigenvalue weighted by atomic mass is 79.9. The molecule has 1 fully saturated rings. The predicted octanol–water partition coefficient (Wildman–Crippen LogP) is 1.65. The van der Waals surface area contributed by atoms with Gasteiger partial charge in [0.15, 0.2) is 0 Å². The smallest absolute Gasteiger partial charge is 0.214 e. The van der Waals surface area contributed by atoms with E-state index < -0.39 is 10.0 Å². The van der Waals surface area contributed by atoms with Crippen molar-refractivity contribution in [1.82, 2.24) is 4.72 Å². The van der Waals surface area contributed by atoms with Crippen LogP contribution in [0, 0.1) is 0 Å². The van der Waals surface area contributed by atoms with Crippen molar-refractivity contribution in [3.8, 4) is 0 Å². The topological polar surface area (TPSA) is 55.4 Å². The summed E-state index contributed by atoms with van der Waals surface area (Å²) in [5.41, 5.74) is 0. The van der Waals surface area contributed by atoms with Crippen LogP contribution in [0.3, 0.4) is 0 Å². The summed E-state index contributed by atoms with van der Waals surface area (Å²) in [6, 6.07) is 0.